The van der Waals surface area contributed by atoms with Crippen LogP contribution in [-0.4, -0.2) is 12.5 Å². The van der Waals surface area contributed by atoms with Crippen LogP contribution in [0.2, 0.25) is 0 Å². The lowest BCUT2D eigenvalue weighted by molar-refractivity contribution is 0.0935. The molecule has 118 valence electrons. The number of hydrogen-bond donors (Lipinski definition) is 1. The third-order valence-corrected chi connectivity index (χ3v) is 3.65. The lowest BCUT2D eigenvalue weighted by atomic mass is 10.1. The standard InChI is InChI=1S/C19H19NO3/c1-3-22-16-10-8-14(9-11-16)19(21)20-13(2)18-12-15-6-4-5-7-17(15)23-18/h4-13H,3H2,1-2H3,(H,20,21)/t13-/m0/s1. The van der Waals surface area contributed by atoms with Crippen LogP contribution < -0.4 is 10.1 Å². The zero-order chi connectivity index (χ0) is 16.2. The monoisotopic (exact) mass is 309 g/mol. The van der Waals surface area contributed by atoms with Crippen molar-refractivity contribution in [3.8, 4) is 5.75 Å². The van der Waals surface area contributed by atoms with Gasteiger partial charge in [0.25, 0.3) is 5.91 Å². The molecule has 3 aromatic rings. The fraction of sp³-hybridized carbons (Fsp3) is 0.211. The molecule has 4 nitrogen and oxygen atoms in total. The van der Waals surface area contributed by atoms with Crippen molar-refractivity contribution in [2.45, 2.75) is 19.9 Å². The van der Waals surface area contributed by atoms with Crippen LogP contribution in [-0.2, 0) is 0 Å². The van der Waals surface area contributed by atoms with Crippen molar-refractivity contribution in [1.82, 2.24) is 5.32 Å². The van der Waals surface area contributed by atoms with Crippen molar-refractivity contribution in [1.29, 1.82) is 0 Å². The second-order valence-corrected chi connectivity index (χ2v) is 5.34. The number of hydrogen-bond acceptors (Lipinski definition) is 3. The normalized spacial score (nSPS) is 12.1. The molecular weight excluding hydrogens is 290 g/mol. The Morgan fingerprint density at radius 1 is 1.17 bits per heavy atom. The molecule has 0 radical (unpaired) electrons. The number of ether oxygens (including phenoxy) is 1. The van der Waals surface area contributed by atoms with E-state index in [1.807, 2.05) is 44.2 Å². The van der Waals surface area contributed by atoms with Crippen LogP contribution in [0.1, 0.15) is 36.0 Å². The zero-order valence-electron chi connectivity index (χ0n) is 13.2. The molecule has 1 atom stereocenters. The summed E-state index contributed by atoms with van der Waals surface area (Å²) in [5.41, 5.74) is 1.42. The number of carbonyl (C=O) groups is 1. The smallest absolute Gasteiger partial charge is 0.251 e. The first-order valence-electron chi connectivity index (χ1n) is 7.69. The first kappa shape index (κ1) is 15.2. The maximum atomic E-state index is 12.3. The summed E-state index contributed by atoms with van der Waals surface area (Å²) < 4.78 is 11.2. The van der Waals surface area contributed by atoms with Gasteiger partial charge in [0.2, 0.25) is 0 Å². The highest BCUT2D eigenvalue weighted by Crippen LogP contribution is 2.24. The summed E-state index contributed by atoms with van der Waals surface area (Å²) in [5.74, 6) is 1.36. The van der Waals surface area contributed by atoms with Gasteiger partial charge in [0.15, 0.2) is 0 Å². The average Bonchev–Trinajstić information content (AvgIpc) is 3.00. The SMILES string of the molecule is CCOc1ccc(C(=O)N[C@@H](C)c2cc3ccccc3o2)cc1. The Kier molecular flexibility index (Phi) is 4.33. The molecule has 0 aliphatic heterocycles. The van der Waals surface area contributed by atoms with Crippen LogP contribution in [0.3, 0.4) is 0 Å². The lowest BCUT2D eigenvalue weighted by Crippen LogP contribution is -2.26. The van der Waals surface area contributed by atoms with Crippen LogP contribution in [0.15, 0.2) is 59.0 Å². The molecule has 3 rings (SSSR count). The van der Waals surface area contributed by atoms with E-state index in [1.165, 1.54) is 0 Å². The summed E-state index contributed by atoms with van der Waals surface area (Å²) in [7, 11) is 0. The fourth-order valence-corrected chi connectivity index (χ4v) is 2.44. The largest absolute Gasteiger partial charge is 0.494 e. The first-order chi connectivity index (χ1) is 11.2. The molecule has 1 heterocycles. The van der Waals surface area contributed by atoms with Gasteiger partial charge in [0.1, 0.15) is 17.1 Å². The van der Waals surface area contributed by atoms with Gasteiger partial charge in [-0.25, -0.2) is 0 Å². The molecule has 0 fully saturated rings. The van der Waals surface area contributed by atoms with Crippen LogP contribution >= 0.6 is 0 Å². The van der Waals surface area contributed by atoms with E-state index in [9.17, 15) is 4.79 Å². The van der Waals surface area contributed by atoms with Crippen LogP contribution in [0.4, 0.5) is 0 Å². The summed E-state index contributed by atoms with van der Waals surface area (Å²) >= 11 is 0. The first-order valence-corrected chi connectivity index (χ1v) is 7.69. The van der Waals surface area contributed by atoms with Crippen molar-refractivity contribution in [3.05, 3.63) is 65.9 Å². The van der Waals surface area contributed by atoms with Crippen molar-refractivity contribution in [3.63, 3.8) is 0 Å². The van der Waals surface area contributed by atoms with Crippen molar-refractivity contribution < 1.29 is 13.9 Å². The average molecular weight is 309 g/mol. The summed E-state index contributed by atoms with van der Waals surface area (Å²) in [4.78, 5) is 12.3. The van der Waals surface area contributed by atoms with Gasteiger partial charge in [-0.05, 0) is 50.2 Å². The second kappa shape index (κ2) is 6.57. The third kappa shape index (κ3) is 3.37. The van der Waals surface area contributed by atoms with E-state index >= 15 is 0 Å². The van der Waals surface area contributed by atoms with E-state index in [0.29, 0.717) is 12.2 Å². The predicted octanol–water partition coefficient (Wildman–Crippen LogP) is 4.32. The molecule has 1 amide bonds. The molecule has 0 bridgehead atoms. The number of rotatable bonds is 5. The van der Waals surface area contributed by atoms with Crippen LogP contribution in [0, 0.1) is 0 Å². The molecule has 0 saturated heterocycles. The molecular formula is C19H19NO3. The van der Waals surface area contributed by atoms with Gasteiger partial charge >= 0.3 is 0 Å². The Labute approximate surface area is 135 Å². The van der Waals surface area contributed by atoms with Gasteiger partial charge in [-0.3, -0.25) is 4.79 Å². The van der Waals surface area contributed by atoms with E-state index in [4.69, 9.17) is 9.15 Å². The molecule has 0 aliphatic rings. The van der Waals surface area contributed by atoms with E-state index < -0.39 is 0 Å². The Morgan fingerprint density at radius 2 is 1.91 bits per heavy atom. The highest BCUT2D eigenvalue weighted by molar-refractivity contribution is 5.94. The summed E-state index contributed by atoms with van der Waals surface area (Å²) in [6.45, 7) is 4.44. The van der Waals surface area contributed by atoms with Gasteiger partial charge in [-0.15, -0.1) is 0 Å². The fourth-order valence-electron chi connectivity index (χ4n) is 2.44. The van der Waals surface area contributed by atoms with E-state index in [2.05, 4.69) is 5.32 Å². The molecule has 0 aliphatic carbocycles. The topological polar surface area (TPSA) is 51.5 Å². The molecule has 0 unspecified atom stereocenters. The molecule has 2 aromatic carbocycles. The number of fused-ring (bicyclic) bond motifs is 1. The minimum Gasteiger partial charge on any atom is -0.494 e. The Morgan fingerprint density at radius 3 is 2.61 bits per heavy atom. The quantitative estimate of drug-likeness (QED) is 0.763. The van der Waals surface area contributed by atoms with Gasteiger partial charge in [-0.2, -0.15) is 0 Å². The van der Waals surface area contributed by atoms with Gasteiger partial charge in [0, 0.05) is 10.9 Å². The van der Waals surface area contributed by atoms with Crippen molar-refractivity contribution in [2.24, 2.45) is 0 Å². The van der Waals surface area contributed by atoms with E-state index in [0.717, 1.165) is 22.5 Å². The number of nitrogens with one attached hydrogen (secondary N) is 1. The molecule has 0 saturated carbocycles. The Balaban J connectivity index is 1.71. The maximum absolute atomic E-state index is 12.3. The number of furan rings is 1. The van der Waals surface area contributed by atoms with E-state index in [1.54, 1.807) is 24.3 Å². The molecule has 4 heteroatoms. The predicted molar refractivity (Wildman–Crippen MR) is 89.7 cm³/mol. The minimum atomic E-state index is -0.207. The molecule has 1 N–H and O–H groups in total. The number of carbonyl (C=O) groups excluding carboxylic acids is 1. The van der Waals surface area contributed by atoms with Crippen LogP contribution in [0.5, 0.6) is 5.75 Å². The Bertz CT molecular complexity index is 772. The molecule has 23 heavy (non-hydrogen) atoms. The van der Waals surface area contributed by atoms with Crippen molar-refractivity contribution >= 4 is 16.9 Å². The van der Waals surface area contributed by atoms with Crippen LogP contribution in [0.25, 0.3) is 11.0 Å². The summed E-state index contributed by atoms with van der Waals surface area (Å²) in [6.07, 6.45) is 0. The summed E-state index contributed by atoms with van der Waals surface area (Å²) in [5, 5.41) is 3.98. The lowest BCUT2D eigenvalue weighted by Gasteiger charge is -2.11. The van der Waals surface area contributed by atoms with Gasteiger partial charge in [-0.1, -0.05) is 18.2 Å². The minimum absolute atomic E-state index is 0.138. The number of benzene rings is 2. The number of amides is 1. The maximum Gasteiger partial charge on any atom is 0.251 e. The highest BCUT2D eigenvalue weighted by atomic mass is 16.5. The second-order valence-electron chi connectivity index (χ2n) is 5.34. The Hall–Kier alpha value is -2.75. The molecule has 1 aromatic heterocycles. The van der Waals surface area contributed by atoms with Crippen molar-refractivity contribution in [2.75, 3.05) is 6.61 Å². The zero-order valence-corrected chi connectivity index (χ0v) is 13.2. The van der Waals surface area contributed by atoms with Gasteiger partial charge < -0.3 is 14.5 Å². The number of para-hydroxylation sites is 1. The van der Waals surface area contributed by atoms with Gasteiger partial charge in [0.05, 0.1) is 12.6 Å². The summed E-state index contributed by atoms with van der Waals surface area (Å²) in [6, 6.07) is 16.7. The molecule has 0 spiro atoms. The highest BCUT2D eigenvalue weighted by Gasteiger charge is 2.15. The van der Waals surface area contributed by atoms with E-state index in [-0.39, 0.29) is 11.9 Å². The third-order valence-electron chi connectivity index (χ3n) is 3.65.